The maximum atomic E-state index is 9.06. The summed E-state index contributed by atoms with van der Waals surface area (Å²) in [6, 6.07) is 8.60. The van der Waals surface area contributed by atoms with E-state index in [2.05, 4.69) is 56.9 Å². The number of aromatic nitrogens is 1. The third-order valence-corrected chi connectivity index (χ3v) is 3.75. The number of nitrogens with zero attached hydrogens (tertiary/aromatic N) is 2. The second-order valence-electron chi connectivity index (χ2n) is 5.42. The molecule has 2 rings (SSSR count). The number of thiazole rings is 1. The summed E-state index contributed by atoms with van der Waals surface area (Å²) in [5.41, 5.74) is 6.21. The molecule has 2 aromatic rings. The molecule has 0 aliphatic heterocycles. The molecule has 0 aliphatic carbocycles. The first-order chi connectivity index (χ1) is 8.43. The second-order valence-corrected chi connectivity index (χ2v) is 6.28. The maximum absolute atomic E-state index is 9.06. The molecule has 1 aromatic carbocycles. The monoisotopic (exact) mass is 256 g/mol. The van der Waals surface area contributed by atoms with Gasteiger partial charge in [-0.25, -0.2) is 4.98 Å². The van der Waals surface area contributed by atoms with E-state index in [9.17, 15) is 0 Å². The van der Waals surface area contributed by atoms with Gasteiger partial charge in [0.2, 0.25) is 0 Å². The largest absolute Gasteiger partial charge is 0.243 e. The summed E-state index contributed by atoms with van der Waals surface area (Å²) >= 11 is 1.39. The van der Waals surface area contributed by atoms with Crippen LogP contribution in [0.3, 0.4) is 0 Å². The summed E-state index contributed by atoms with van der Waals surface area (Å²) in [4.78, 5) is 4.99. The number of benzene rings is 1. The van der Waals surface area contributed by atoms with E-state index in [-0.39, 0.29) is 5.41 Å². The Morgan fingerprint density at radius 1 is 1.28 bits per heavy atom. The summed E-state index contributed by atoms with van der Waals surface area (Å²) < 4.78 is 0. The molecule has 0 radical (unpaired) electrons. The van der Waals surface area contributed by atoms with Gasteiger partial charge in [-0.1, -0.05) is 39.0 Å². The molecule has 2 nitrogen and oxygen atoms in total. The van der Waals surface area contributed by atoms with Crippen molar-refractivity contribution in [3.63, 3.8) is 0 Å². The third-order valence-electron chi connectivity index (χ3n) is 3.02. The molecule has 0 N–H and O–H groups in total. The number of hydrogen-bond donors (Lipinski definition) is 0. The van der Waals surface area contributed by atoms with Crippen molar-refractivity contribution in [2.75, 3.05) is 0 Å². The van der Waals surface area contributed by atoms with Crippen LogP contribution in [0.4, 0.5) is 0 Å². The summed E-state index contributed by atoms with van der Waals surface area (Å²) in [7, 11) is 0. The van der Waals surface area contributed by atoms with Gasteiger partial charge in [-0.15, -0.1) is 11.3 Å². The van der Waals surface area contributed by atoms with Crippen LogP contribution in [0.15, 0.2) is 23.7 Å². The Morgan fingerprint density at radius 2 is 2.00 bits per heavy atom. The molecular formula is C15H16N2S. The molecule has 18 heavy (non-hydrogen) atoms. The average Bonchev–Trinajstić information content (AvgIpc) is 2.75. The lowest BCUT2D eigenvalue weighted by Gasteiger charge is -2.20. The Hall–Kier alpha value is -1.66. The lowest BCUT2D eigenvalue weighted by molar-refractivity contribution is 0.590. The fourth-order valence-corrected chi connectivity index (χ4v) is 2.50. The van der Waals surface area contributed by atoms with Crippen molar-refractivity contribution >= 4 is 11.3 Å². The highest BCUT2D eigenvalue weighted by Gasteiger charge is 2.16. The van der Waals surface area contributed by atoms with Crippen molar-refractivity contribution in [2.24, 2.45) is 0 Å². The van der Waals surface area contributed by atoms with Gasteiger partial charge in [0, 0.05) is 5.56 Å². The van der Waals surface area contributed by atoms with Crippen LogP contribution in [0.1, 0.15) is 36.8 Å². The average molecular weight is 256 g/mol. The number of nitriles is 1. The van der Waals surface area contributed by atoms with Crippen LogP contribution in [0, 0.1) is 18.3 Å². The van der Waals surface area contributed by atoms with Crippen molar-refractivity contribution in [1.29, 1.82) is 5.26 Å². The molecule has 92 valence electrons. The second kappa shape index (κ2) is 4.55. The summed E-state index contributed by atoms with van der Waals surface area (Å²) in [6.07, 6.45) is 0. The Bertz CT molecular complexity index is 612. The van der Waals surface area contributed by atoms with Crippen LogP contribution in [0.2, 0.25) is 0 Å². The van der Waals surface area contributed by atoms with Crippen molar-refractivity contribution in [1.82, 2.24) is 4.98 Å². The van der Waals surface area contributed by atoms with Gasteiger partial charge in [0.1, 0.15) is 10.9 Å². The lowest BCUT2D eigenvalue weighted by atomic mass is 9.85. The first-order valence-electron chi connectivity index (χ1n) is 5.88. The Balaban J connectivity index is 2.53. The van der Waals surface area contributed by atoms with Crippen molar-refractivity contribution in [3.8, 4) is 17.3 Å². The summed E-state index contributed by atoms with van der Waals surface area (Å²) in [5.74, 6) is 0. The summed E-state index contributed by atoms with van der Waals surface area (Å²) in [5, 5.41) is 9.06. The minimum Gasteiger partial charge on any atom is -0.243 e. The molecule has 0 bridgehead atoms. The molecular weight excluding hydrogens is 240 g/mol. The molecule has 0 saturated carbocycles. The fraction of sp³-hybridized carbons (Fsp3) is 0.333. The number of hydrogen-bond acceptors (Lipinski definition) is 3. The number of aryl methyl sites for hydroxylation is 1. The van der Waals surface area contributed by atoms with E-state index >= 15 is 0 Å². The smallest absolute Gasteiger partial charge is 0.132 e. The molecule has 1 aromatic heterocycles. The molecule has 3 heteroatoms. The zero-order valence-electron chi connectivity index (χ0n) is 11.1. The van der Waals surface area contributed by atoms with E-state index in [1.54, 1.807) is 5.51 Å². The van der Waals surface area contributed by atoms with Crippen LogP contribution in [-0.4, -0.2) is 4.98 Å². The molecule has 1 heterocycles. The minimum absolute atomic E-state index is 0.142. The zero-order valence-corrected chi connectivity index (χ0v) is 11.9. The lowest BCUT2D eigenvalue weighted by Crippen LogP contribution is -2.11. The van der Waals surface area contributed by atoms with Gasteiger partial charge in [-0.05, 0) is 23.5 Å². The SMILES string of the molecule is Cc1cc(C(C)(C)C)ccc1-c1ncsc1C#N. The topological polar surface area (TPSA) is 36.7 Å². The predicted octanol–water partition coefficient (Wildman–Crippen LogP) is 4.29. The van der Waals surface area contributed by atoms with Crippen molar-refractivity contribution < 1.29 is 0 Å². The Kier molecular flexibility index (Phi) is 3.23. The van der Waals surface area contributed by atoms with Gasteiger partial charge in [0.25, 0.3) is 0 Å². The quantitative estimate of drug-likeness (QED) is 0.763. The predicted molar refractivity (Wildman–Crippen MR) is 75.7 cm³/mol. The molecule has 0 amide bonds. The van der Waals surface area contributed by atoms with Crippen LogP contribution < -0.4 is 0 Å². The van der Waals surface area contributed by atoms with Crippen LogP contribution in [0.5, 0.6) is 0 Å². The first kappa shape index (κ1) is 12.8. The Morgan fingerprint density at radius 3 is 2.56 bits per heavy atom. The van der Waals surface area contributed by atoms with Gasteiger partial charge < -0.3 is 0 Å². The van der Waals surface area contributed by atoms with E-state index < -0.39 is 0 Å². The van der Waals surface area contributed by atoms with Crippen LogP contribution in [0.25, 0.3) is 11.3 Å². The van der Waals surface area contributed by atoms with Crippen molar-refractivity contribution in [2.45, 2.75) is 33.1 Å². The van der Waals surface area contributed by atoms with Crippen molar-refractivity contribution in [3.05, 3.63) is 39.7 Å². The van der Waals surface area contributed by atoms with Crippen LogP contribution >= 0.6 is 11.3 Å². The van der Waals surface area contributed by atoms with Gasteiger partial charge in [0.05, 0.1) is 11.2 Å². The minimum atomic E-state index is 0.142. The van der Waals surface area contributed by atoms with E-state index in [1.807, 2.05) is 0 Å². The number of rotatable bonds is 1. The fourth-order valence-electron chi connectivity index (χ4n) is 1.91. The molecule has 0 spiro atoms. The maximum Gasteiger partial charge on any atom is 0.132 e. The molecule has 0 atom stereocenters. The van der Waals surface area contributed by atoms with Crippen LogP contribution in [-0.2, 0) is 5.41 Å². The normalized spacial score (nSPS) is 11.3. The molecule has 0 aliphatic rings. The highest BCUT2D eigenvalue weighted by molar-refractivity contribution is 7.10. The Labute approximate surface area is 112 Å². The highest BCUT2D eigenvalue weighted by Crippen LogP contribution is 2.31. The van der Waals surface area contributed by atoms with E-state index in [1.165, 1.54) is 22.5 Å². The van der Waals surface area contributed by atoms with E-state index in [0.29, 0.717) is 4.88 Å². The van der Waals surface area contributed by atoms with E-state index in [4.69, 9.17) is 5.26 Å². The van der Waals surface area contributed by atoms with Gasteiger partial charge in [-0.2, -0.15) is 5.26 Å². The van der Waals surface area contributed by atoms with Gasteiger partial charge >= 0.3 is 0 Å². The molecule has 0 fully saturated rings. The first-order valence-corrected chi connectivity index (χ1v) is 6.76. The highest BCUT2D eigenvalue weighted by atomic mass is 32.1. The van der Waals surface area contributed by atoms with Gasteiger partial charge in [-0.3, -0.25) is 0 Å². The molecule has 0 saturated heterocycles. The summed E-state index contributed by atoms with van der Waals surface area (Å²) in [6.45, 7) is 8.67. The molecule has 0 unspecified atom stereocenters. The van der Waals surface area contributed by atoms with E-state index in [0.717, 1.165) is 11.3 Å². The van der Waals surface area contributed by atoms with Gasteiger partial charge in [0.15, 0.2) is 0 Å². The third kappa shape index (κ3) is 2.30. The standard InChI is InChI=1S/C15H16N2S/c1-10-7-11(15(2,3)4)5-6-12(10)14-13(8-16)18-9-17-14/h5-7,9H,1-4H3. The zero-order chi connectivity index (χ0) is 13.3.